The second kappa shape index (κ2) is 7.42. The molecule has 1 aliphatic carbocycles. The average Bonchev–Trinajstić information content (AvgIpc) is 3.30. The smallest absolute Gasteiger partial charge is 0.0230 e. The standard InChI is InChI=1S/C19H32N2/c1-5-19(6-2,14-20-18-11-12-18)15-21(4)13-17-9-7-16(3)8-10-17/h7-10,18,20H,5-6,11-15H2,1-4H3. The van der Waals surface area contributed by atoms with Gasteiger partial charge >= 0.3 is 0 Å². The molecule has 0 aliphatic heterocycles. The largest absolute Gasteiger partial charge is 0.313 e. The van der Waals surface area contributed by atoms with Crippen molar-refractivity contribution in [3.63, 3.8) is 0 Å². The minimum absolute atomic E-state index is 0.419. The third-order valence-corrected chi connectivity index (χ3v) is 5.02. The number of aryl methyl sites for hydroxylation is 1. The molecular formula is C19H32N2. The van der Waals surface area contributed by atoms with Crippen LogP contribution in [-0.2, 0) is 6.54 Å². The lowest BCUT2D eigenvalue weighted by molar-refractivity contribution is 0.150. The summed E-state index contributed by atoms with van der Waals surface area (Å²) < 4.78 is 0. The van der Waals surface area contributed by atoms with E-state index in [4.69, 9.17) is 0 Å². The van der Waals surface area contributed by atoms with Gasteiger partial charge in [-0.1, -0.05) is 43.7 Å². The highest BCUT2D eigenvalue weighted by Gasteiger charge is 2.30. The maximum Gasteiger partial charge on any atom is 0.0230 e. The van der Waals surface area contributed by atoms with Crippen LogP contribution in [0.3, 0.4) is 0 Å². The molecule has 1 aromatic rings. The summed E-state index contributed by atoms with van der Waals surface area (Å²) in [5.41, 5.74) is 3.17. The SMILES string of the molecule is CCC(CC)(CNC1CC1)CN(C)Cc1ccc(C)cc1. The molecule has 2 rings (SSSR count). The summed E-state index contributed by atoms with van der Waals surface area (Å²) in [6.07, 6.45) is 5.26. The summed E-state index contributed by atoms with van der Waals surface area (Å²) >= 11 is 0. The van der Waals surface area contributed by atoms with Gasteiger partial charge in [0.1, 0.15) is 0 Å². The molecule has 0 unspecified atom stereocenters. The predicted octanol–water partition coefficient (Wildman–Crippen LogP) is 3.99. The van der Waals surface area contributed by atoms with Crippen molar-refractivity contribution < 1.29 is 0 Å². The lowest BCUT2D eigenvalue weighted by Gasteiger charge is -2.36. The van der Waals surface area contributed by atoms with Crippen LogP contribution in [-0.4, -0.2) is 31.1 Å². The lowest BCUT2D eigenvalue weighted by Crippen LogP contribution is -2.42. The summed E-state index contributed by atoms with van der Waals surface area (Å²) in [5.74, 6) is 0. The third-order valence-electron chi connectivity index (χ3n) is 5.02. The molecule has 2 heteroatoms. The zero-order valence-electron chi connectivity index (χ0n) is 14.3. The Balaban J connectivity index is 1.89. The van der Waals surface area contributed by atoms with E-state index in [1.54, 1.807) is 0 Å². The van der Waals surface area contributed by atoms with E-state index in [-0.39, 0.29) is 0 Å². The molecule has 0 atom stereocenters. The van der Waals surface area contributed by atoms with Crippen molar-refractivity contribution in [3.8, 4) is 0 Å². The van der Waals surface area contributed by atoms with Crippen LogP contribution in [0.4, 0.5) is 0 Å². The van der Waals surface area contributed by atoms with Gasteiger partial charge in [0, 0.05) is 25.7 Å². The highest BCUT2D eigenvalue weighted by atomic mass is 15.1. The van der Waals surface area contributed by atoms with Crippen molar-refractivity contribution in [2.75, 3.05) is 20.1 Å². The summed E-state index contributed by atoms with van der Waals surface area (Å²) in [6, 6.07) is 9.75. The number of benzene rings is 1. The normalized spacial score (nSPS) is 15.7. The average molecular weight is 288 g/mol. The van der Waals surface area contributed by atoms with Gasteiger partial charge in [0.25, 0.3) is 0 Å². The Morgan fingerprint density at radius 1 is 1.14 bits per heavy atom. The third kappa shape index (κ3) is 5.12. The van der Waals surface area contributed by atoms with Crippen LogP contribution < -0.4 is 5.32 Å². The Bertz CT molecular complexity index is 416. The van der Waals surface area contributed by atoms with Crippen LogP contribution in [0.25, 0.3) is 0 Å². The van der Waals surface area contributed by atoms with Gasteiger partial charge < -0.3 is 10.2 Å². The van der Waals surface area contributed by atoms with Crippen LogP contribution >= 0.6 is 0 Å². The molecule has 21 heavy (non-hydrogen) atoms. The maximum atomic E-state index is 3.75. The topological polar surface area (TPSA) is 15.3 Å². The molecule has 1 aliphatic rings. The molecule has 1 aromatic carbocycles. The Morgan fingerprint density at radius 3 is 2.29 bits per heavy atom. The van der Waals surface area contributed by atoms with E-state index >= 15 is 0 Å². The Hall–Kier alpha value is -0.860. The zero-order valence-corrected chi connectivity index (χ0v) is 14.3. The quantitative estimate of drug-likeness (QED) is 0.739. The monoisotopic (exact) mass is 288 g/mol. The first kappa shape index (κ1) is 16.5. The molecule has 1 N–H and O–H groups in total. The first-order valence-electron chi connectivity index (χ1n) is 8.54. The van der Waals surface area contributed by atoms with Crippen molar-refractivity contribution in [3.05, 3.63) is 35.4 Å². The molecule has 0 saturated heterocycles. The van der Waals surface area contributed by atoms with E-state index in [1.807, 2.05) is 0 Å². The van der Waals surface area contributed by atoms with Gasteiger partial charge in [0.05, 0.1) is 0 Å². The molecule has 0 heterocycles. The highest BCUT2D eigenvalue weighted by Crippen LogP contribution is 2.29. The summed E-state index contributed by atoms with van der Waals surface area (Å²) in [4.78, 5) is 2.49. The highest BCUT2D eigenvalue weighted by molar-refractivity contribution is 5.21. The molecule has 0 spiro atoms. The van der Waals surface area contributed by atoms with Gasteiger partial charge in [0.2, 0.25) is 0 Å². The number of nitrogens with zero attached hydrogens (tertiary/aromatic N) is 1. The summed E-state index contributed by atoms with van der Waals surface area (Å²) in [6.45, 7) is 10.2. The first-order valence-corrected chi connectivity index (χ1v) is 8.54. The van der Waals surface area contributed by atoms with Crippen molar-refractivity contribution in [2.24, 2.45) is 5.41 Å². The number of nitrogens with one attached hydrogen (secondary N) is 1. The van der Waals surface area contributed by atoms with Crippen LogP contribution in [0.5, 0.6) is 0 Å². The van der Waals surface area contributed by atoms with E-state index in [0.29, 0.717) is 5.41 Å². The van der Waals surface area contributed by atoms with E-state index in [2.05, 4.69) is 62.3 Å². The van der Waals surface area contributed by atoms with E-state index in [0.717, 1.165) is 12.6 Å². The molecule has 0 bridgehead atoms. The first-order chi connectivity index (χ1) is 10.1. The van der Waals surface area contributed by atoms with Crippen molar-refractivity contribution >= 4 is 0 Å². The number of rotatable bonds is 9. The Morgan fingerprint density at radius 2 is 1.76 bits per heavy atom. The molecular weight excluding hydrogens is 256 g/mol. The number of hydrogen-bond donors (Lipinski definition) is 1. The maximum absolute atomic E-state index is 3.75. The van der Waals surface area contributed by atoms with Gasteiger partial charge in [-0.3, -0.25) is 0 Å². The Labute approximate surface area is 130 Å². The van der Waals surface area contributed by atoms with E-state index < -0.39 is 0 Å². The second-order valence-electron chi connectivity index (χ2n) is 7.02. The molecule has 118 valence electrons. The Kier molecular flexibility index (Phi) is 5.83. The fourth-order valence-corrected chi connectivity index (χ4v) is 3.06. The molecule has 0 aromatic heterocycles. The summed E-state index contributed by atoms with van der Waals surface area (Å²) in [5, 5.41) is 3.75. The van der Waals surface area contributed by atoms with Crippen LogP contribution in [0.15, 0.2) is 24.3 Å². The molecule has 1 saturated carbocycles. The van der Waals surface area contributed by atoms with Gasteiger partial charge in [-0.15, -0.1) is 0 Å². The number of hydrogen-bond acceptors (Lipinski definition) is 2. The van der Waals surface area contributed by atoms with Crippen molar-refractivity contribution in [1.29, 1.82) is 0 Å². The fourth-order valence-electron chi connectivity index (χ4n) is 3.06. The van der Waals surface area contributed by atoms with E-state index in [9.17, 15) is 0 Å². The molecule has 2 nitrogen and oxygen atoms in total. The summed E-state index contributed by atoms with van der Waals surface area (Å²) in [7, 11) is 2.26. The zero-order chi connectivity index (χ0) is 15.3. The van der Waals surface area contributed by atoms with Gasteiger partial charge in [-0.05, 0) is 50.6 Å². The van der Waals surface area contributed by atoms with Crippen LogP contribution in [0.2, 0.25) is 0 Å². The van der Waals surface area contributed by atoms with Crippen LogP contribution in [0.1, 0.15) is 50.7 Å². The molecule has 1 fully saturated rings. The second-order valence-corrected chi connectivity index (χ2v) is 7.02. The minimum Gasteiger partial charge on any atom is -0.313 e. The van der Waals surface area contributed by atoms with E-state index in [1.165, 1.54) is 49.9 Å². The van der Waals surface area contributed by atoms with Gasteiger partial charge in [-0.2, -0.15) is 0 Å². The van der Waals surface area contributed by atoms with Crippen molar-refractivity contribution in [1.82, 2.24) is 10.2 Å². The minimum atomic E-state index is 0.419. The molecule has 0 radical (unpaired) electrons. The fraction of sp³-hybridized carbons (Fsp3) is 0.684. The molecule has 0 amide bonds. The van der Waals surface area contributed by atoms with Crippen LogP contribution in [0, 0.1) is 12.3 Å². The lowest BCUT2D eigenvalue weighted by atomic mass is 9.81. The van der Waals surface area contributed by atoms with Gasteiger partial charge in [0.15, 0.2) is 0 Å². The van der Waals surface area contributed by atoms with Crippen molar-refractivity contribution in [2.45, 2.75) is 59.0 Å². The predicted molar refractivity (Wildman–Crippen MR) is 91.6 cm³/mol. The van der Waals surface area contributed by atoms with Gasteiger partial charge in [-0.25, -0.2) is 0 Å².